The van der Waals surface area contributed by atoms with E-state index in [4.69, 9.17) is 0 Å². The summed E-state index contributed by atoms with van der Waals surface area (Å²) in [5, 5.41) is 0. The molecule has 176 valence electrons. The molecule has 2 heterocycles. The summed E-state index contributed by atoms with van der Waals surface area (Å²) in [6.45, 7) is 6.60. The maximum atomic E-state index is 12.9. The first-order chi connectivity index (χ1) is 16.2. The van der Waals surface area contributed by atoms with Crippen molar-refractivity contribution in [2.24, 2.45) is 0 Å². The summed E-state index contributed by atoms with van der Waals surface area (Å²) >= 11 is 0. The average molecular weight is 477 g/mol. The number of aryl methyl sites for hydroxylation is 3. The van der Waals surface area contributed by atoms with Crippen LogP contribution in [0.25, 0.3) is 5.69 Å². The van der Waals surface area contributed by atoms with Gasteiger partial charge in [-0.05, 0) is 44.5 Å². The maximum absolute atomic E-state index is 12.9. The number of sulfonamides is 1. The van der Waals surface area contributed by atoms with Crippen LogP contribution in [0.4, 0.5) is 0 Å². The monoisotopic (exact) mass is 476 g/mol. The van der Waals surface area contributed by atoms with Gasteiger partial charge in [0.1, 0.15) is 0 Å². The lowest BCUT2D eigenvalue weighted by Crippen LogP contribution is -2.29. The largest absolute Gasteiger partial charge is 0.330 e. The summed E-state index contributed by atoms with van der Waals surface area (Å²) in [5.74, 6) is 0. The van der Waals surface area contributed by atoms with Gasteiger partial charge in [0.25, 0.3) is 5.56 Å². The van der Waals surface area contributed by atoms with Crippen LogP contribution in [0.1, 0.15) is 28.1 Å². The molecule has 4 aromatic rings. The molecule has 0 bridgehead atoms. The van der Waals surface area contributed by atoms with Crippen molar-refractivity contribution in [3.63, 3.8) is 0 Å². The van der Waals surface area contributed by atoms with Gasteiger partial charge in [-0.2, -0.15) is 0 Å². The number of benzene rings is 2. The number of rotatable bonds is 8. The molecule has 0 saturated carbocycles. The predicted octanol–water partition coefficient (Wildman–Crippen LogP) is 3.53. The van der Waals surface area contributed by atoms with Crippen LogP contribution in [-0.4, -0.2) is 29.1 Å². The summed E-state index contributed by atoms with van der Waals surface area (Å²) < 4.78 is 31.9. The molecular weight excluding hydrogens is 448 g/mol. The summed E-state index contributed by atoms with van der Waals surface area (Å²) in [6.07, 6.45) is 3.97. The Balaban J connectivity index is 1.45. The molecule has 0 aliphatic carbocycles. The fourth-order valence-electron chi connectivity index (χ4n) is 3.84. The Hall–Kier alpha value is -3.49. The molecule has 0 spiro atoms. The minimum atomic E-state index is -3.83. The third-order valence-corrected chi connectivity index (χ3v) is 7.18. The van der Waals surface area contributed by atoms with E-state index in [1.165, 1.54) is 16.2 Å². The van der Waals surface area contributed by atoms with Crippen LogP contribution < -0.4 is 10.3 Å². The number of hydrogen-bond acceptors (Lipinski definition) is 4. The van der Waals surface area contributed by atoms with Gasteiger partial charge < -0.3 is 4.57 Å². The van der Waals surface area contributed by atoms with Crippen LogP contribution in [0.15, 0.2) is 82.9 Å². The molecule has 34 heavy (non-hydrogen) atoms. The van der Waals surface area contributed by atoms with Crippen LogP contribution in [-0.2, 0) is 23.0 Å². The van der Waals surface area contributed by atoms with Gasteiger partial charge in [-0.15, -0.1) is 0 Å². The second kappa shape index (κ2) is 9.79. The average Bonchev–Trinajstić information content (AvgIpc) is 3.23. The van der Waals surface area contributed by atoms with Crippen LogP contribution >= 0.6 is 0 Å². The van der Waals surface area contributed by atoms with Gasteiger partial charge in [0, 0.05) is 48.8 Å². The highest BCUT2D eigenvalue weighted by atomic mass is 32.2. The van der Waals surface area contributed by atoms with Gasteiger partial charge in [0.2, 0.25) is 10.0 Å². The van der Waals surface area contributed by atoms with Crippen LogP contribution in [0, 0.1) is 20.8 Å². The number of aromatic nitrogens is 3. The number of nitrogens with one attached hydrogen (secondary N) is 1. The zero-order valence-corrected chi connectivity index (χ0v) is 20.3. The van der Waals surface area contributed by atoms with E-state index in [-0.39, 0.29) is 17.0 Å². The van der Waals surface area contributed by atoms with Gasteiger partial charge in [0.15, 0.2) is 0 Å². The second-order valence-electron chi connectivity index (χ2n) is 8.49. The van der Waals surface area contributed by atoms with E-state index in [0.29, 0.717) is 24.3 Å². The van der Waals surface area contributed by atoms with Crippen molar-refractivity contribution in [2.45, 2.75) is 38.6 Å². The minimum absolute atomic E-state index is 0.0356. The fraction of sp³-hybridized carbons (Fsp3) is 0.231. The zero-order chi connectivity index (χ0) is 24.3. The second-order valence-corrected chi connectivity index (χ2v) is 10.3. The first-order valence-electron chi connectivity index (χ1n) is 11.1. The van der Waals surface area contributed by atoms with E-state index >= 15 is 0 Å². The molecule has 1 N–H and O–H groups in total. The van der Waals surface area contributed by atoms with Gasteiger partial charge >= 0.3 is 0 Å². The highest BCUT2D eigenvalue weighted by Gasteiger charge is 2.17. The van der Waals surface area contributed by atoms with E-state index in [9.17, 15) is 13.2 Å². The van der Waals surface area contributed by atoms with Gasteiger partial charge in [0.05, 0.1) is 11.2 Å². The van der Waals surface area contributed by atoms with Crippen LogP contribution in [0.3, 0.4) is 0 Å². The van der Waals surface area contributed by atoms with E-state index in [2.05, 4.69) is 34.0 Å². The van der Waals surface area contributed by atoms with Crippen molar-refractivity contribution in [1.82, 2.24) is 18.8 Å². The standard InChI is InChI=1S/C26H28N4O3S/c1-19-4-8-22(9-5-19)17-29-18-27-16-24(29)12-13-28-34(32,33)25-14-21(3)30(26(31)15-25)23-10-6-20(2)7-11-23/h4-11,14-16,18,28H,12-13,17H2,1-3H3. The smallest absolute Gasteiger partial charge is 0.256 e. The Morgan fingerprint density at radius 1 is 0.912 bits per heavy atom. The molecule has 0 amide bonds. The van der Waals surface area contributed by atoms with Crippen molar-refractivity contribution >= 4 is 10.0 Å². The molecule has 2 aromatic heterocycles. The van der Waals surface area contributed by atoms with Crippen LogP contribution in [0.2, 0.25) is 0 Å². The highest BCUT2D eigenvalue weighted by molar-refractivity contribution is 7.89. The van der Waals surface area contributed by atoms with Gasteiger partial charge in [-0.1, -0.05) is 47.5 Å². The Bertz CT molecular complexity index is 1450. The molecule has 0 saturated heterocycles. The first-order valence-corrected chi connectivity index (χ1v) is 12.6. The molecule has 0 aliphatic rings. The van der Waals surface area contributed by atoms with Crippen molar-refractivity contribution in [2.75, 3.05) is 6.54 Å². The van der Waals surface area contributed by atoms with Crippen molar-refractivity contribution < 1.29 is 8.42 Å². The maximum Gasteiger partial charge on any atom is 0.256 e. The molecule has 7 nitrogen and oxygen atoms in total. The molecule has 0 radical (unpaired) electrons. The Morgan fingerprint density at radius 2 is 1.56 bits per heavy atom. The number of imidazole rings is 1. The summed E-state index contributed by atoms with van der Waals surface area (Å²) in [4.78, 5) is 16.9. The van der Waals surface area contributed by atoms with E-state index < -0.39 is 10.0 Å². The molecule has 0 atom stereocenters. The Morgan fingerprint density at radius 3 is 2.21 bits per heavy atom. The normalized spacial score (nSPS) is 11.6. The molecule has 4 rings (SSSR count). The van der Waals surface area contributed by atoms with Gasteiger partial charge in [-0.3, -0.25) is 9.36 Å². The minimum Gasteiger partial charge on any atom is -0.330 e. The van der Waals surface area contributed by atoms with E-state index in [1.54, 1.807) is 19.4 Å². The number of nitrogens with zero attached hydrogens (tertiary/aromatic N) is 3. The van der Waals surface area contributed by atoms with E-state index in [1.807, 2.05) is 42.7 Å². The lowest BCUT2D eigenvalue weighted by atomic mass is 10.1. The quantitative estimate of drug-likeness (QED) is 0.422. The Labute approximate surface area is 199 Å². The molecule has 8 heteroatoms. The van der Waals surface area contributed by atoms with Crippen LogP contribution in [0.5, 0.6) is 0 Å². The van der Waals surface area contributed by atoms with E-state index in [0.717, 1.165) is 22.9 Å². The predicted molar refractivity (Wildman–Crippen MR) is 133 cm³/mol. The third-order valence-electron chi connectivity index (χ3n) is 5.74. The lowest BCUT2D eigenvalue weighted by molar-refractivity contribution is 0.579. The number of pyridine rings is 1. The summed E-state index contributed by atoms with van der Waals surface area (Å²) in [5.41, 5.74) is 5.22. The molecular formula is C26H28N4O3S. The molecule has 2 aromatic carbocycles. The molecule has 0 aliphatic heterocycles. The lowest BCUT2D eigenvalue weighted by Gasteiger charge is -2.13. The first kappa shape index (κ1) is 23.7. The topological polar surface area (TPSA) is 86.0 Å². The SMILES string of the molecule is Cc1ccc(Cn2cncc2CCNS(=O)(=O)c2cc(C)n(-c3ccc(C)cc3)c(=O)c2)cc1. The Kier molecular flexibility index (Phi) is 6.81. The number of hydrogen-bond donors (Lipinski definition) is 1. The third kappa shape index (κ3) is 5.35. The highest BCUT2D eigenvalue weighted by Crippen LogP contribution is 2.14. The zero-order valence-electron chi connectivity index (χ0n) is 19.5. The van der Waals surface area contributed by atoms with Crippen molar-refractivity contribution in [3.8, 4) is 5.69 Å². The summed E-state index contributed by atoms with van der Waals surface area (Å²) in [6, 6.07) is 18.5. The molecule has 0 fully saturated rings. The van der Waals surface area contributed by atoms with Gasteiger partial charge in [-0.25, -0.2) is 18.1 Å². The van der Waals surface area contributed by atoms with Crippen molar-refractivity contribution in [3.05, 3.63) is 112 Å². The molecule has 0 unspecified atom stereocenters. The van der Waals surface area contributed by atoms with Crippen molar-refractivity contribution in [1.29, 1.82) is 0 Å². The fourth-order valence-corrected chi connectivity index (χ4v) is 4.96. The summed E-state index contributed by atoms with van der Waals surface area (Å²) in [7, 11) is -3.83.